The molecule has 7 nitrogen and oxygen atoms in total. The summed E-state index contributed by atoms with van der Waals surface area (Å²) < 4.78 is 31.7. The molecule has 3 aromatic carbocycles. The van der Waals surface area contributed by atoms with Gasteiger partial charge in [0.2, 0.25) is 5.82 Å². The molecule has 0 amide bonds. The van der Waals surface area contributed by atoms with Gasteiger partial charge in [-0.25, -0.2) is 18.7 Å². The number of benzene rings is 3. The average Bonchev–Trinajstić information content (AvgIpc) is 3.27. The second kappa shape index (κ2) is 8.74. The molecule has 0 saturated carbocycles. The largest absolute Gasteiger partial charge is 0.296 e. The van der Waals surface area contributed by atoms with E-state index < -0.39 is 10.0 Å². The molecule has 33 heavy (non-hydrogen) atoms. The predicted octanol–water partition coefficient (Wildman–Crippen LogP) is 5.04. The molecular weight excluding hydrogens is 458 g/mol. The Balaban J connectivity index is 1.62. The molecule has 0 radical (unpaired) electrons. The number of fused-ring (bicyclic) bond motifs is 1. The van der Waals surface area contributed by atoms with Gasteiger partial charge in [-0.1, -0.05) is 54.1 Å². The number of hydrogen-bond acceptors (Lipinski definition) is 4. The average molecular weight is 477 g/mol. The van der Waals surface area contributed by atoms with Crippen LogP contribution < -0.4 is 4.57 Å². The minimum atomic E-state index is -3.78. The second-order valence-corrected chi connectivity index (χ2v) is 9.46. The molecule has 0 aliphatic rings. The number of para-hydroxylation sites is 2. The Hall–Kier alpha value is -3.59. The Kier molecular flexibility index (Phi) is 5.63. The van der Waals surface area contributed by atoms with Crippen molar-refractivity contribution in [3.63, 3.8) is 0 Å². The van der Waals surface area contributed by atoms with E-state index in [4.69, 9.17) is 16.6 Å². The fourth-order valence-corrected chi connectivity index (χ4v) is 4.48. The molecule has 5 aromatic rings. The van der Waals surface area contributed by atoms with E-state index in [9.17, 15) is 8.76 Å². The second-order valence-electron chi connectivity index (χ2n) is 7.38. The zero-order chi connectivity index (χ0) is 22.8. The van der Waals surface area contributed by atoms with Gasteiger partial charge >= 0.3 is 0 Å². The van der Waals surface area contributed by atoms with Crippen LogP contribution in [0.15, 0.2) is 107 Å². The monoisotopic (exact) mass is 476 g/mol. The van der Waals surface area contributed by atoms with Crippen LogP contribution in [-0.2, 0) is 16.6 Å². The highest BCUT2D eigenvalue weighted by atomic mass is 35.5. The van der Waals surface area contributed by atoms with Crippen LogP contribution in [0.3, 0.4) is 0 Å². The van der Waals surface area contributed by atoms with Gasteiger partial charge in [0.25, 0.3) is 12.1 Å². The highest BCUT2D eigenvalue weighted by Crippen LogP contribution is 2.26. The topological polar surface area (TPSA) is 84.2 Å². The summed E-state index contributed by atoms with van der Waals surface area (Å²) in [4.78, 5) is 9.38. The van der Waals surface area contributed by atoms with E-state index in [1.807, 2.05) is 71.8 Å². The van der Waals surface area contributed by atoms with Crippen molar-refractivity contribution in [2.75, 3.05) is 0 Å². The van der Waals surface area contributed by atoms with Crippen molar-refractivity contribution in [3.05, 3.63) is 108 Å². The summed E-state index contributed by atoms with van der Waals surface area (Å²) in [6.07, 6.45) is 5.58. The normalized spacial score (nSPS) is 13.0. The quantitative estimate of drug-likeness (QED) is 0.360. The maximum absolute atomic E-state index is 13.1. The van der Waals surface area contributed by atoms with Crippen molar-refractivity contribution < 1.29 is 13.3 Å². The molecule has 5 rings (SSSR count). The highest BCUT2D eigenvalue weighted by molar-refractivity contribution is 7.88. The van der Waals surface area contributed by atoms with Gasteiger partial charge in [-0.2, -0.15) is 4.57 Å². The van der Waals surface area contributed by atoms with Crippen LogP contribution in [0.25, 0.3) is 16.9 Å². The van der Waals surface area contributed by atoms with Crippen LogP contribution in [0, 0.1) is 0 Å². The van der Waals surface area contributed by atoms with Gasteiger partial charge in [-0.3, -0.25) is 4.55 Å². The van der Waals surface area contributed by atoms with Crippen molar-refractivity contribution in [1.29, 1.82) is 0 Å². The molecule has 164 valence electrons. The fraction of sp³-hybridized carbons (Fsp3) is 0.0417. The van der Waals surface area contributed by atoms with E-state index in [2.05, 4.69) is 9.35 Å². The van der Waals surface area contributed by atoms with E-state index >= 15 is 0 Å². The first-order valence-corrected chi connectivity index (χ1v) is 12.0. The Morgan fingerprint density at radius 2 is 1.61 bits per heavy atom. The van der Waals surface area contributed by atoms with Crippen LogP contribution in [0.5, 0.6) is 0 Å². The smallest absolute Gasteiger partial charge is 0.272 e. The van der Waals surface area contributed by atoms with Gasteiger partial charge in [0, 0.05) is 5.02 Å². The van der Waals surface area contributed by atoms with Crippen molar-refractivity contribution in [3.8, 4) is 5.82 Å². The van der Waals surface area contributed by atoms with Crippen LogP contribution in [0.1, 0.15) is 5.56 Å². The molecule has 0 aliphatic heterocycles. The molecule has 0 saturated heterocycles. The van der Waals surface area contributed by atoms with Crippen molar-refractivity contribution in [2.24, 2.45) is 4.36 Å². The summed E-state index contributed by atoms with van der Waals surface area (Å²) in [5, 5.41) is 0.468. The Bertz CT molecular complexity index is 1560. The molecular formula is C24H19ClN5O2S+. The lowest BCUT2D eigenvalue weighted by atomic mass is 10.2. The third-order valence-corrected chi connectivity index (χ3v) is 6.57. The molecule has 2 aromatic heterocycles. The molecule has 1 unspecified atom stereocenters. The molecule has 0 aliphatic carbocycles. The van der Waals surface area contributed by atoms with Gasteiger partial charge < -0.3 is 0 Å². The van der Waals surface area contributed by atoms with Gasteiger partial charge in [-0.15, -0.1) is 4.36 Å². The van der Waals surface area contributed by atoms with E-state index in [-0.39, 0.29) is 10.7 Å². The molecule has 0 bridgehead atoms. The predicted molar refractivity (Wildman–Crippen MR) is 127 cm³/mol. The minimum absolute atomic E-state index is 0.0682. The van der Waals surface area contributed by atoms with Gasteiger partial charge in [-0.05, 0) is 42.0 Å². The first-order chi connectivity index (χ1) is 16.0. The summed E-state index contributed by atoms with van der Waals surface area (Å²) in [5.74, 6) is 0.426. The third-order valence-electron chi connectivity index (χ3n) is 5.01. The molecule has 2 heterocycles. The van der Waals surface area contributed by atoms with Crippen molar-refractivity contribution in [1.82, 2.24) is 14.5 Å². The van der Waals surface area contributed by atoms with E-state index in [0.29, 0.717) is 28.4 Å². The molecule has 1 atom stereocenters. The maximum Gasteiger partial charge on any atom is 0.272 e. The van der Waals surface area contributed by atoms with E-state index in [1.54, 1.807) is 22.8 Å². The Morgan fingerprint density at radius 1 is 0.939 bits per heavy atom. The van der Waals surface area contributed by atoms with Gasteiger partial charge in [0.1, 0.15) is 18.9 Å². The summed E-state index contributed by atoms with van der Waals surface area (Å²) >= 11 is 5.92. The number of nitrogens with zero attached hydrogens (tertiary/aromatic N) is 5. The van der Waals surface area contributed by atoms with E-state index in [1.165, 1.54) is 12.1 Å². The van der Waals surface area contributed by atoms with Crippen LogP contribution >= 0.6 is 11.6 Å². The third kappa shape index (κ3) is 4.63. The SMILES string of the molecule is O=S(O)(=Nc1nc2ccccc2nc1-n1cc[n+](Cc2ccccc2)c1)c1ccc(Cl)cc1. The summed E-state index contributed by atoms with van der Waals surface area (Å²) in [5.41, 5.74) is 2.39. The molecule has 0 spiro atoms. The fourth-order valence-electron chi connectivity index (χ4n) is 3.40. The van der Waals surface area contributed by atoms with E-state index in [0.717, 1.165) is 5.56 Å². The Labute approximate surface area is 196 Å². The zero-order valence-corrected chi connectivity index (χ0v) is 18.9. The lowest BCUT2D eigenvalue weighted by Gasteiger charge is -2.06. The number of aromatic nitrogens is 4. The molecule has 1 N–H and O–H groups in total. The highest BCUT2D eigenvalue weighted by Gasteiger charge is 2.19. The number of halogens is 1. The maximum atomic E-state index is 13.1. The standard InChI is InChI=1S/C24H18ClN5O2S/c25-19-10-12-20(13-11-19)33(31,32)28-23-24(27-22-9-5-4-8-21(22)26-23)30-15-14-29(17-30)16-18-6-2-1-3-7-18/h1-15,17H,16H2/p+1. The van der Waals surface area contributed by atoms with Crippen LogP contribution in [-0.4, -0.2) is 23.3 Å². The first-order valence-electron chi connectivity index (χ1n) is 10.1. The Morgan fingerprint density at radius 3 is 2.33 bits per heavy atom. The molecule has 9 heteroatoms. The summed E-state index contributed by atoms with van der Waals surface area (Å²) in [6, 6.07) is 23.4. The zero-order valence-electron chi connectivity index (χ0n) is 17.3. The number of hydrogen-bond donors (Lipinski definition) is 1. The van der Waals surface area contributed by atoms with Crippen LogP contribution in [0.4, 0.5) is 5.82 Å². The van der Waals surface area contributed by atoms with Crippen molar-refractivity contribution >= 4 is 38.5 Å². The van der Waals surface area contributed by atoms with Crippen molar-refractivity contribution in [2.45, 2.75) is 11.4 Å². The number of imidazole rings is 1. The molecule has 0 fully saturated rings. The summed E-state index contributed by atoms with van der Waals surface area (Å²) in [6.45, 7) is 0.669. The first kappa shape index (κ1) is 21.3. The van der Waals surface area contributed by atoms with Gasteiger partial charge in [0.05, 0.1) is 15.9 Å². The lowest BCUT2D eigenvalue weighted by molar-refractivity contribution is -0.687. The van der Waals surface area contributed by atoms with Gasteiger partial charge in [0.15, 0.2) is 10.0 Å². The van der Waals surface area contributed by atoms with Crippen LogP contribution in [0.2, 0.25) is 5.02 Å². The number of rotatable bonds is 5. The summed E-state index contributed by atoms with van der Waals surface area (Å²) in [7, 11) is -3.78. The lowest BCUT2D eigenvalue weighted by Crippen LogP contribution is -2.31. The minimum Gasteiger partial charge on any atom is -0.296 e.